The van der Waals surface area contributed by atoms with Crippen molar-refractivity contribution in [2.45, 2.75) is 19.4 Å². The molecule has 0 saturated carbocycles. The van der Waals surface area contributed by atoms with Gasteiger partial charge in [-0.15, -0.1) is 17.9 Å². The van der Waals surface area contributed by atoms with Crippen LogP contribution in [0.4, 0.5) is 0 Å². The van der Waals surface area contributed by atoms with Gasteiger partial charge in [-0.1, -0.05) is 17.2 Å². The summed E-state index contributed by atoms with van der Waals surface area (Å²) in [5, 5.41) is 3.39. The second-order valence-corrected chi connectivity index (χ2v) is 6.35. The third-order valence-corrected chi connectivity index (χ3v) is 4.39. The maximum absolute atomic E-state index is 6.05. The zero-order chi connectivity index (χ0) is 12.3. The zero-order valence-corrected chi connectivity index (χ0v) is 11.8. The standard InChI is InChI=1S/C13H19ClN2S/c1-10(2)9-11(12-3-4-13(14)17-12)16-7-5-15-6-8-16/h3-4,11,15H,1,5-9H2,2H3/t11-/m0/s1. The Bertz CT molecular complexity index is 383. The van der Waals surface area contributed by atoms with E-state index in [0.29, 0.717) is 6.04 Å². The van der Waals surface area contributed by atoms with E-state index < -0.39 is 0 Å². The van der Waals surface area contributed by atoms with Gasteiger partial charge in [-0.25, -0.2) is 0 Å². The highest BCUT2D eigenvalue weighted by Crippen LogP contribution is 2.34. The molecule has 1 aromatic heterocycles. The Hall–Kier alpha value is -0.350. The van der Waals surface area contributed by atoms with Crippen LogP contribution < -0.4 is 5.32 Å². The lowest BCUT2D eigenvalue weighted by Crippen LogP contribution is -2.45. The van der Waals surface area contributed by atoms with Crippen LogP contribution in [0.1, 0.15) is 24.3 Å². The van der Waals surface area contributed by atoms with Gasteiger partial charge in [0.25, 0.3) is 0 Å². The number of halogens is 1. The van der Waals surface area contributed by atoms with E-state index in [4.69, 9.17) is 11.6 Å². The van der Waals surface area contributed by atoms with Crippen LogP contribution in [0, 0.1) is 0 Å². The second kappa shape index (κ2) is 6.01. The topological polar surface area (TPSA) is 15.3 Å². The minimum Gasteiger partial charge on any atom is -0.314 e. The van der Waals surface area contributed by atoms with Crippen molar-refractivity contribution < 1.29 is 0 Å². The van der Waals surface area contributed by atoms with Crippen LogP contribution in [0.2, 0.25) is 4.34 Å². The number of rotatable bonds is 4. The van der Waals surface area contributed by atoms with Gasteiger partial charge in [0.1, 0.15) is 0 Å². The minimum absolute atomic E-state index is 0.451. The van der Waals surface area contributed by atoms with Crippen LogP contribution in [0.15, 0.2) is 24.3 Å². The average molecular weight is 271 g/mol. The Morgan fingerprint density at radius 3 is 2.76 bits per heavy atom. The molecule has 0 unspecified atom stereocenters. The summed E-state index contributed by atoms with van der Waals surface area (Å²) >= 11 is 7.74. The number of thiophene rings is 1. The van der Waals surface area contributed by atoms with Crippen molar-refractivity contribution in [3.05, 3.63) is 33.5 Å². The van der Waals surface area contributed by atoms with Gasteiger partial charge in [-0.05, 0) is 25.5 Å². The van der Waals surface area contributed by atoms with Crippen molar-refractivity contribution in [1.82, 2.24) is 10.2 Å². The fourth-order valence-corrected chi connectivity index (χ4v) is 3.44. The summed E-state index contributed by atoms with van der Waals surface area (Å²) in [4.78, 5) is 3.90. The summed E-state index contributed by atoms with van der Waals surface area (Å²) in [6, 6.07) is 4.60. The fraction of sp³-hybridized carbons (Fsp3) is 0.538. The lowest BCUT2D eigenvalue weighted by molar-refractivity contribution is 0.175. The van der Waals surface area contributed by atoms with Gasteiger partial charge in [-0.3, -0.25) is 4.90 Å². The van der Waals surface area contributed by atoms with Gasteiger partial charge in [0.05, 0.1) is 4.34 Å². The zero-order valence-electron chi connectivity index (χ0n) is 10.2. The third kappa shape index (κ3) is 3.55. The molecule has 0 radical (unpaired) electrons. The molecule has 1 N–H and O–H groups in total. The van der Waals surface area contributed by atoms with Crippen molar-refractivity contribution in [2.24, 2.45) is 0 Å². The quantitative estimate of drug-likeness (QED) is 0.845. The van der Waals surface area contributed by atoms with Crippen LogP contribution in [-0.4, -0.2) is 31.1 Å². The molecule has 1 aliphatic heterocycles. The van der Waals surface area contributed by atoms with Gasteiger partial charge >= 0.3 is 0 Å². The SMILES string of the molecule is C=C(C)C[C@@H](c1ccc(Cl)s1)N1CCNCC1. The monoisotopic (exact) mass is 270 g/mol. The molecule has 2 nitrogen and oxygen atoms in total. The van der Waals surface area contributed by atoms with Crippen LogP contribution in [0.5, 0.6) is 0 Å². The van der Waals surface area contributed by atoms with Crippen molar-refractivity contribution in [3.8, 4) is 0 Å². The summed E-state index contributed by atoms with van der Waals surface area (Å²) < 4.78 is 0.877. The number of piperazine rings is 1. The van der Waals surface area contributed by atoms with Gasteiger partial charge < -0.3 is 5.32 Å². The van der Waals surface area contributed by atoms with Crippen molar-refractivity contribution in [1.29, 1.82) is 0 Å². The molecular weight excluding hydrogens is 252 g/mol. The molecule has 1 atom stereocenters. The predicted molar refractivity (Wildman–Crippen MR) is 75.9 cm³/mol. The third-order valence-electron chi connectivity index (χ3n) is 3.06. The van der Waals surface area contributed by atoms with Gasteiger partial charge in [0.15, 0.2) is 0 Å². The Balaban J connectivity index is 2.14. The van der Waals surface area contributed by atoms with E-state index in [1.54, 1.807) is 11.3 Å². The van der Waals surface area contributed by atoms with Crippen LogP contribution in [0.25, 0.3) is 0 Å². The minimum atomic E-state index is 0.451. The molecule has 0 aromatic carbocycles. The van der Waals surface area contributed by atoms with E-state index in [1.807, 2.05) is 6.07 Å². The first-order valence-electron chi connectivity index (χ1n) is 6.01. The lowest BCUT2D eigenvalue weighted by Gasteiger charge is -2.34. The Morgan fingerprint density at radius 1 is 1.53 bits per heavy atom. The first kappa shape index (κ1) is 13.1. The van der Waals surface area contributed by atoms with E-state index in [-0.39, 0.29) is 0 Å². The fourth-order valence-electron chi connectivity index (χ4n) is 2.24. The van der Waals surface area contributed by atoms with E-state index in [1.165, 1.54) is 10.5 Å². The number of hydrogen-bond donors (Lipinski definition) is 1. The van der Waals surface area contributed by atoms with Crippen LogP contribution >= 0.6 is 22.9 Å². The molecule has 0 amide bonds. The molecular formula is C13H19ClN2S. The highest BCUT2D eigenvalue weighted by molar-refractivity contribution is 7.16. The molecule has 1 aromatic rings. The largest absolute Gasteiger partial charge is 0.314 e. The molecule has 1 fully saturated rings. The van der Waals surface area contributed by atoms with E-state index in [0.717, 1.165) is 36.9 Å². The van der Waals surface area contributed by atoms with E-state index in [2.05, 4.69) is 29.8 Å². The normalized spacial score (nSPS) is 19.2. The maximum atomic E-state index is 6.05. The van der Waals surface area contributed by atoms with E-state index in [9.17, 15) is 0 Å². The number of nitrogens with one attached hydrogen (secondary N) is 1. The summed E-state index contributed by atoms with van der Waals surface area (Å²) in [7, 11) is 0. The van der Waals surface area contributed by atoms with Crippen molar-refractivity contribution >= 4 is 22.9 Å². The summed E-state index contributed by atoms with van der Waals surface area (Å²) in [6.45, 7) is 10.5. The first-order chi connectivity index (χ1) is 8.16. The molecule has 2 heterocycles. The Labute approximate surface area is 112 Å². The Morgan fingerprint density at radius 2 is 2.24 bits per heavy atom. The smallest absolute Gasteiger partial charge is 0.0931 e. The molecule has 1 saturated heterocycles. The maximum Gasteiger partial charge on any atom is 0.0931 e. The highest BCUT2D eigenvalue weighted by Gasteiger charge is 2.23. The number of nitrogens with zero attached hydrogens (tertiary/aromatic N) is 1. The van der Waals surface area contributed by atoms with E-state index >= 15 is 0 Å². The van der Waals surface area contributed by atoms with Crippen molar-refractivity contribution in [3.63, 3.8) is 0 Å². The summed E-state index contributed by atoms with van der Waals surface area (Å²) in [6.07, 6.45) is 1.02. The molecule has 0 spiro atoms. The molecule has 0 aliphatic carbocycles. The van der Waals surface area contributed by atoms with Crippen LogP contribution in [-0.2, 0) is 0 Å². The number of hydrogen-bond acceptors (Lipinski definition) is 3. The molecule has 0 bridgehead atoms. The molecule has 94 valence electrons. The first-order valence-corrected chi connectivity index (χ1v) is 7.20. The van der Waals surface area contributed by atoms with Crippen LogP contribution in [0.3, 0.4) is 0 Å². The van der Waals surface area contributed by atoms with Gasteiger partial charge in [0, 0.05) is 37.1 Å². The highest BCUT2D eigenvalue weighted by atomic mass is 35.5. The molecule has 4 heteroatoms. The lowest BCUT2D eigenvalue weighted by atomic mass is 10.0. The average Bonchev–Trinajstić information content (AvgIpc) is 2.73. The molecule has 1 aliphatic rings. The summed E-state index contributed by atoms with van der Waals surface area (Å²) in [5.74, 6) is 0. The molecule has 2 rings (SSSR count). The van der Waals surface area contributed by atoms with Gasteiger partial charge in [-0.2, -0.15) is 0 Å². The predicted octanol–water partition coefficient (Wildman–Crippen LogP) is 3.31. The Kier molecular flexibility index (Phi) is 4.62. The second-order valence-electron chi connectivity index (χ2n) is 4.60. The van der Waals surface area contributed by atoms with Crippen molar-refractivity contribution in [2.75, 3.05) is 26.2 Å². The van der Waals surface area contributed by atoms with Gasteiger partial charge in [0.2, 0.25) is 0 Å². The molecule has 17 heavy (non-hydrogen) atoms. The summed E-state index contributed by atoms with van der Waals surface area (Å²) in [5.41, 5.74) is 1.23.